The predicted molar refractivity (Wildman–Crippen MR) is 60.4 cm³/mol. The lowest BCUT2D eigenvalue weighted by Gasteiger charge is -2.24. The highest BCUT2D eigenvalue weighted by Crippen LogP contribution is 2.27. The van der Waals surface area contributed by atoms with E-state index in [1.54, 1.807) is 0 Å². The molecule has 1 N–H and O–H groups in total. The Morgan fingerprint density at radius 3 is 3.00 bits per heavy atom. The van der Waals surface area contributed by atoms with Crippen LogP contribution in [0.25, 0.3) is 0 Å². The van der Waals surface area contributed by atoms with E-state index in [-0.39, 0.29) is 6.42 Å². The van der Waals surface area contributed by atoms with Crippen molar-refractivity contribution in [1.29, 1.82) is 0 Å². The summed E-state index contributed by atoms with van der Waals surface area (Å²) in [5.74, 6) is 0.912. The molecular weight excluding hydrogens is 204 g/mol. The van der Waals surface area contributed by atoms with Gasteiger partial charge in [0.05, 0.1) is 5.69 Å². The molecule has 0 amide bonds. The summed E-state index contributed by atoms with van der Waals surface area (Å²) >= 11 is 0. The number of carboxylic acids is 1. The predicted octanol–water partition coefficient (Wildman–Crippen LogP) is 1.93. The van der Waals surface area contributed by atoms with Gasteiger partial charge in [-0.05, 0) is 39.0 Å². The van der Waals surface area contributed by atoms with Crippen molar-refractivity contribution in [1.82, 2.24) is 9.55 Å². The smallest absolute Gasteiger partial charge is 0.303 e. The first-order valence-electron chi connectivity index (χ1n) is 5.82. The summed E-state index contributed by atoms with van der Waals surface area (Å²) in [4.78, 5) is 15.0. The minimum absolute atomic E-state index is 0.289. The van der Waals surface area contributed by atoms with Crippen LogP contribution in [0, 0.1) is 19.8 Å². The van der Waals surface area contributed by atoms with Crippen LogP contribution in [0.15, 0.2) is 0 Å². The van der Waals surface area contributed by atoms with Crippen molar-refractivity contribution in [2.75, 3.05) is 0 Å². The van der Waals surface area contributed by atoms with Crippen LogP contribution in [-0.2, 0) is 17.8 Å². The first-order valence-corrected chi connectivity index (χ1v) is 5.82. The topological polar surface area (TPSA) is 55.1 Å². The number of carbonyl (C=O) groups is 1. The molecule has 1 aromatic rings. The van der Waals surface area contributed by atoms with Gasteiger partial charge in [-0.25, -0.2) is 4.98 Å². The number of imidazole rings is 1. The number of fused-ring (bicyclic) bond motifs is 1. The van der Waals surface area contributed by atoms with Crippen molar-refractivity contribution in [2.45, 2.75) is 46.1 Å². The van der Waals surface area contributed by atoms with E-state index < -0.39 is 5.97 Å². The van der Waals surface area contributed by atoms with Gasteiger partial charge in [0.1, 0.15) is 5.82 Å². The van der Waals surface area contributed by atoms with Crippen LogP contribution >= 0.6 is 0 Å². The van der Waals surface area contributed by atoms with Gasteiger partial charge in [0.25, 0.3) is 0 Å². The zero-order valence-electron chi connectivity index (χ0n) is 9.86. The third kappa shape index (κ3) is 2.10. The van der Waals surface area contributed by atoms with E-state index in [1.165, 1.54) is 5.69 Å². The molecule has 4 heteroatoms. The molecule has 1 aliphatic heterocycles. The van der Waals surface area contributed by atoms with Crippen LogP contribution in [0.1, 0.15) is 36.5 Å². The summed E-state index contributed by atoms with van der Waals surface area (Å²) < 4.78 is 2.27. The Hall–Kier alpha value is -1.32. The van der Waals surface area contributed by atoms with Gasteiger partial charge in [-0.1, -0.05) is 0 Å². The molecule has 0 radical (unpaired) electrons. The Morgan fingerprint density at radius 1 is 1.56 bits per heavy atom. The lowest BCUT2D eigenvalue weighted by atomic mass is 9.91. The van der Waals surface area contributed by atoms with Crippen molar-refractivity contribution in [3.8, 4) is 0 Å². The third-order valence-electron chi connectivity index (χ3n) is 3.47. The second-order valence-electron chi connectivity index (χ2n) is 4.63. The quantitative estimate of drug-likeness (QED) is 0.850. The Balaban J connectivity index is 2.05. The van der Waals surface area contributed by atoms with Gasteiger partial charge in [-0.15, -0.1) is 0 Å². The van der Waals surface area contributed by atoms with Crippen LogP contribution in [0.3, 0.4) is 0 Å². The van der Waals surface area contributed by atoms with Gasteiger partial charge in [0.15, 0.2) is 0 Å². The van der Waals surface area contributed by atoms with E-state index in [2.05, 4.69) is 9.55 Å². The number of hydrogen-bond donors (Lipinski definition) is 1. The molecular formula is C12H18N2O2. The fourth-order valence-corrected chi connectivity index (χ4v) is 2.57. The number of nitrogens with zero attached hydrogens (tertiary/aromatic N) is 2. The largest absolute Gasteiger partial charge is 0.481 e. The highest BCUT2D eigenvalue weighted by molar-refractivity contribution is 5.66. The van der Waals surface area contributed by atoms with Gasteiger partial charge in [-0.2, -0.15) is 0 Å². The maximum atomic E-state index is 10.5. The molecule has 1 atom stereocenters. The van der Waals surface area contributed by atoms with E-state index in [0.717, 1.165) is 37.3 Å². The molecule has 0 saturated carbocycles. The minimum Gasteiger partial charge on any atom is -0.481 e. The van der Waals surface area contributed by atoms with E-state index in [1.807, 2.05) is 13.8 Å². The first-order chi connectivity index (χ1) is 7.58. The Bertz CT molecular complexity index is 409. The SMILES string of the molecule is Cc1nc(C)n2c1CC(CCC(=O)O)CC2. The molecule has 2 rings (SSSR count). The highest BCUT2D eigenvalue weighted by Gasteiger charge is 2.22. The second-order valence-corrected chi connectivity index (χ2v) is 4.63. The monoisotopic (exact) mass is 222 g/mol. The van der Waals surface area contributed by atoms with Crippen LogP contribution in [-0.4, -0.2) is 20.6 Å². The van der Waals surface area contributed by atoms with Gasteiger partial charge in [0.2, 0.25) is 0 Å². The normalized spacial score (nSPS) is 19.5. The van der Waals surface area contributed by atoms with E-state index >= 15 is 0 Å². The summed E-state index contributed by atoms with van der Waals surface area (Å²) in [5.41, 5.74) is 2.41. The molecule has 0 aliphatic carbocycles. The zero-order valence-corrected chi connectivity index (χ0v) is 9.86. The Kier molecular flexibility index (Phi) is 2.99. The van der Waals surface area contributed by atoms with E-state index in [9.17, 15) is 4.79 Å². The van der Waals surface area contributed by atoms with Crippen LogP contribution in [0.2, 0.25) is 0 Å². The summed E-state index contributed by atoms with van der Waals surface area (Å²) in [5, 5.41) is 8.68. The van der Waals surface area contributed by atoms with E-state index in [0.29, 0.717) is 5.92 Å². The fraction of sp³-hybridized carbons (Fsp3) is 0.667. The maximum absolute atomic E-state index is 10.5. The molecule has 1 unspecified atom stereocenters. The summed E-state index contributed by atoms with van der Waals surface area (Å²) in [6, 6.07) is 0. The summed E-state index contributed by atoms with van der Waals surface area (Å²) in [7, 11) is 0. The van der Waals surface area contributed by atoms with Crippen molar-refractivity contribution in [3.05, 3.63) is 17.2 Å². The molecule has 0 bridgehead atoms. The lowest BCUT2D eigenvalue weighted by Crippen LogP contribution is -2.20. The molecule has 0 aromatic carbocycles. The van der Waals surface area contributed by atoms with Crippen molar-refractivity contribution < 1.29 is 9.90 Å². The molecule has 0 spiro atoms. The third-order valence-corrected chi connectivity index (χ3v) is 3.47. The molecule has 4 nitrogen and oxygen atoms in total. The maximum Gasteiger partial charge on any atom is 0.303 e. The average Bonchev–Trinajstić information content (AvgIpc) is 2.52. The Labute approximate surface area is 95.3 Å². The summed E-state index contributed by atoms with van der Waals surface area (Å²) in [6.07, 6.45) is 3.15. The number of aromatic nitrogens is 2. The number of rotatable bonds is 3. The molecule has 1 aromatic heterocycles. The second kappa shape index (κ2) is 4.28. The first kappa shape index (κ1) is 11.2. The van der Waals surface area contributed by atoms with Crippen LogP contribution in [0.5, 0.6) is 0 Å². The zero-order chi connectivity index (χ0) is 11.7. The molecule has 16 heavy (non-hydrogen) atoms. The fourth-order valence-electron chi connectivity index (χ4n) is 2.57. The molecule has 0 fully saturated rings. The van der Waals surface area contributed by atoms with Crippen molar-refractivity contribution in [2.24, 2.45) is 5.92 Å². The Morgan fingerprint density at radius 2 is 2.31 bits per heavy atom. The van der Waals surface area contributed by atoms with Crippen LogP contribution < -0.4 is 0 Å². The van der Waals surface area contributed by atoms with Gasteiger partial charge in [-0.3, -0.25) is 4.79 Å². The summed E-state index contributed by atoms with van der Waals surface area (Å²) in [6.45, 7) is 5.07. The molecule has 1 aliphatic rings. The highest BCUT2D eigenvalue weighted by atomic mass is 16.4. The molecule has 88 valence electrons. The molecule has 2 heterocycles. The van der Waals surface area contributed by atoms with Gasteiger partial charge in [0, 0.05) is 18.7 Å². The lowest BCUT2D eigenvalue weighted by molar-refractivity contribution is -0.137. The van der Waals surface area contributed by atoms with Crippen molar-refractivity contribution in [3.63, 3.8) is 0 Å². The van der Waals surface area contributed by atoms with Crippen LogP contribution in [0.4, 0.5) is 0 Å². The number of hydrogen-bond acceptors (Lipinski definition) is 2. The number of aryl methyl sites for hydroxylation is 2. The number of carboxylic acid groups (broad SMARTS) is 1. The van der Waals surface area contributed by atoms with E-state index in [4.69, 9.17) is 5.11 Å². The van der Waals surface area contributed by atoms with Gasteiger partial charge < -0.3 is 9.67 Å². The molecule has 0 saturated heterocycles. The van der Waals surface area contributed by atoms with Gasteiger partial charge >= 0.3 is 5.97 Å². The average molecular weight is 222 g/mol. The number of aliphatic carboxylic acids is 1. The minimum atomic E-state index is -0.688. The standard InChI is InChI=1S/C12H18N2O2/c1-8-11-7-10(3-4-12(15)16)5-6-14(11)9(2)13-8/h10H,3-7H2,1-2H3,(H,15,16). The van der Waals surface area contributed by atoms with Crippen molar-refractivity contribution >= 4 is 5.97 Å².